The minimum atomic E-state index is -0.641. The molecular weight excluding hydrogens is 458 g/mol. The first-order valence-electron chi connectivity index (χ1n) is 11.2. The van der Waals surface area contributed by atoms with Gasteiger partial charge in [0.15, 0.2) is 0 Å². The Bertz CT molecular complexity index is 937. The van der Waals surface area contributed by atoms with Crippen molar-refractivity contribution in [1.82, 2.24) is 15.5 Å². The highest BCUT2D eigenvalue weighted by molar-refractivity contribution is 7.98. The SMILES string of the molecule is COc1ccccc1[C@H](CNC(=O)[C@@H](CCSC)NC(=O)c1ccccc1Cl)N1CCCC1. The number of carbonyl (C=O) groups is 2. The summed E-state index contributed by atoms with van der Waals surface area (Å²) >= 11 is 7.81. The molecule has 8 heteroatoms. The minimum Gasteiger partial charge on any atom is -0.496 e. The summed E-state index contributed by atoms with van der Waals surface area (Å²) in [7, 11) is 1.67. The summed E-state index contributed by atoms with van der Waals surface area (Å²) in [6.07, 6.45) is 4.80. The molecule has 1 aliphatic rings. The molecule has 2 amide bonds. The molecule has 0 spiro atoms. The Morgan fingerprint density at radius 2 is 1.82 bits per heavy atom. The molecule has 0 unspecified atom stereocenters. The number of ether oxygens (including phenoxy) is 1. The smallest absolute Gasteiger partial charge is 0.253 e. The molecule has 1 aliphatic heterocycles. The number of thioether (sulfide) groups is 1. The number of hydrogen-bond donors (Lipinski definition) is 2. The number of nitrogens with one attached hydrogen (secondary N) is 2. The van der Waals surface area contributed by atoms with Gasteiger partial charge < -0.3 is 15.4 Å². The molecule has 33 heavy (non-hydrogen) atoms. The highest BCUT2D eigenvalue weighted by Crippen LogP contribution is 2.31. The summed E-state index contributed by atoms with van der Waals surface area (Å²) in [5.74, 6) is 1.03. The first-order valence-corrected chi connectivity index (χ1v) is 13.0. The van der Waals surface area contributed by atoms with Gasteiger partial charge in [-0.1, -0.05) is 41.9 Å². The number of methoxy groups -OCH3 is 1. The van der Waals surface area contributed by atoms with Crippen LogP contribution in [0.15, 0.2) is 48.5 Å². The number of hydrogen-bond acceptors (Lipinski definition) is 5. The molecule has 0 radical (unpaired) electrons. The highest BCUT2D eigenvalue weighted by atomic mass is 35.5. The maximum atomic E-state index is 13.2. The molecule has 1 heterocycles. The molecule has 1 fully saturated rings. The minimum absolute atomic E-state index is 0.00747. The van der Waals surface area contributed by atoms with Crippen molar-refractivity contribution < 1.29 is 14.3 Å². The Kier molecular flexibility index (Phi) is 9.91. The number of halogens is 1. The van der Waals surface area contributed by atoms with Crippen molar-refractivity contribution in [3.63, 3.8) is 0 Å². The predicted molar refractivity (Wildman–Crippen MR) is 135 cm³/mol. The van der Waals surface area contributed by atoms with Crippen molar-refractivity contribution in [3.05, 3.63) is 64.7 Å². The lowest BCUT2D eigenvalue weighted by Gasteiger charge is -2.30. The van der Waals surface area contributed by atoms with Crippen LogP contribution < -0.4 is 15.4 Å². The van der Waals surface area contributed by atoms with Crippen molar-refractivity contribution in [3.8, 4) is 5.75 Å². The third-order valence-corrected chi connectivity index (χ3v) is 6.87. The average Bonchev–Trinajstić information content (AvgIpc) is 3.37. The fourth-order valence-electron chi connectivity index (χ4n) is 4.14. The number of amides is 2. The zero-order valence-corrected chi connectivity index (χ0v) is 20.8. The lowest BCUT2D eigenvalue weighted by atomic mass is 10.0. The summed E-state index contributed by atoms with van der Waals surface area (Å²) in [6, 6.07) is 14.2. The van der Waals surface area contributed by atoms with Crippen LogP contribution in [0.1, 0.15) is 41.2 Å². The summed E-state index contributed by atoms with van der Waals surface area (Å²) < 4.78 is 5.59. The fraction of sp³-hybridized carbons (Fsp3) is 0.440. The number of nitrogens with zero attached hydrogens (tertiary/aromatic N) is 1. The van der Waals surface area contributed by atoms with Crippen molar-refractivity contribution in [1.29, 1.82) is 0 Å². The van der Waals surface area contributed by atoms with Gasteiger partial charge in [-0.2, -0.15) is 11.8 Å². The van der Waals surface area contributed by atoms with Crippen LogP contribution in [0, 0.1) is 0 Å². The van der Waals surface area contributed by atoms with Gasteiger partial charge >= 0.3 is 0 Å². The van der Waals surface area contributed by atoms with E-state index in [-0.39, 0.29) is 17.9 Å². The Labute approximate surface area is 205 Å². The standard InChI is InChI=1S/C25H32ClN3O3S/c1-32-23-12-6-4-10-19(23)22(29-14-7-8-15-29)17-27-25(31)21(13-16-33-2)28-24(30)18-9-3-5-11-20(18)26/h3-6,9-12,21-22H,7-8,13-17H2,1-2H3,(H,27,31)(H,28,30)/t21-,22+/m1/s1. The molecule has 2 aromatic rings. The van der Waals surface area contributed by atoms with Gasteiger partial charge in [0.05, 0.1) is 23.7 Å². The van der Waals surface area contributed by atoms with Gasteiger partial charge in [0.2, 0.25) is 5.91 Å². The van der Waals surface area contributed by atoms with Crippen molar-refractivity contribution in [2.45, 2.75) is 31.3 Å². The van der Waals surface area contributed by atoms with E-state index >= 15 is 0 Å². The van der Waals surface area contributed by atoms with Gasteiger partial charge in [-0.3, -0.25) is 14.5 Å². The molecule has 0 aromatic heterocycles. The Hall–Kier alpha value is -2.22. The second-order valence-electron chi connectivity index (χ2n) is 8.03. The third-order valence-electron chi connectivity index (χ3n) is 5.90. The van der Waals surface area contributed by atoms with E-state index < -0.39 is 6.04 Å². The quantitative estimate of drug-likeness (QED) is 0.496. The van der Waals surface area contributed by atoms with E-state index in [9.17, 15) is 9.59 Å². The van der Waals surface area contributed by atoms with Gasteiger partial charge in [-0.15, -0.1) is 0 Å². The van der Waals surface area contributed by atoms with Crippen molar-refractivity contribution >= 4 is 35.2 Å². The lowest BCUT2D eigenvalue weighted by molar-refractivity contribution is -0.123. The maximum absolute atomic E-state index is 13.2. The van der Waals surface area contributed by atoms with Crippen LogP contribution in [0.3, 0.4) is 0 Å². The van der Waals surface area contributed by atoms with E-state index in [0.29, 0.717) is 23.6 Å². The lowest BCUT2D eigenvalue weighted by Crippen LogP contribution is -2.49. The molecule has 178 valence electrons. The zero-order valence-electron chi connectivity index (χ0n) is 19.2. The van der Waals surface area contributed by atoms with E-state index in [1.165, 1.54) is 0 Å². The highest BCUT2D eigenvalue weighted by Gasteiger charge is 2.28. The predicted octanol–water partition coefficient (Wildman–Crippen LogP) is 4.15. The van der Waals surface area contributed by atoms with Gasteiger partial charge in [0.25, 0.3) is 5.91 Å². The molecule has 3 rings (SSSR count). The molecule has 2 aromatic carbocycles. The topological polar surface area (TPSA) is 70.7 Å². The van der Waals surface area contributed by atoms with E-state index in [1.807, 2.05) is 24.5 Å². The van der Waals surface area contributed by atoms with E-state index in [1.54, 1.807) is 43.1 Å². The number of likely N-dealkylation sites (tertiary alicyclic amines) is 1. The van der Waals surface area contributed by atoms with Crippen LogP contribution in [0.25, 0.3) is 0 Å². The van der Waals surface area contributed by atoms with Crippen molar-refractivity contribution in [2.75, 3.05) is 38.8 Å². The molecule has 1 saturated heterocycles. The Morgan fingerprint density at radius 3 is 2.52 bits per heavy atom. The monoisotopic (exact) mass is 489 g/mol. The Balaban J connectivity index is 1.72. The molecule has 0 aliphatic carbocycles. The van der Waals surface area contributed by atoms with E-state index in [0.717, 1.165) is 43.0 Å². The number of para-hydroxylation sites is 1. The van der Waals surface area contributed by atoms with Crippen LogP contribution in [0.2, 0.25) is 5.02 Å². The summed E-state index contributed by atoms with van der Waals surface area (Å²) in [5.41, 5.74) is 1.42. The molecular formula is C25H32ClN3O3S. The number of carbonyl (C=O) groups excluding carboxylic acids is 2. The summed E-state index contributed by atoms with van der Waals surface area (Å²) in [6.45, 7) is 2.41. The largest absolute Gasteiger partial charge is 0.496 e. The molecule has 2 N–H and O–H groups in total. The Morgan fingerprint density at radius 1 is 1.12 bits per heavy atom. The summed E-state index contributed by atoms with van der Waals surface area (Å²) in [5, 5.41) is 6.34. The molecule has 2 atom stereocenters. The first-order chi connectivity index (χ1) is 16.0. The molecule has 0 bridgehead atoms. The molecule has 6 nitrogen and oxygen atoms in total. The van der Waals surface area contributed by atoms with Gasteiger partial charge in [0, 0.05) is 12.1 Å². The zero-order chi connectivity index (χ0) is 23.6. The average molecular weight is 490 g/mol. The number of benzene rings is 2. The third kappa shape index (κ3) is 6.88. The first kappa shape index (κ1) is 25.4. The van der Waals surface area contributed by atoms with Crippen LogP contribution in [-0.4, -0.2) is 61.5 Å². The normalized spacial score (nSPS) is 15.6. The van der Waals surface area contributed by atoms with Crippen molar-refractivity contribution in [2.24, 2.45) is 0 Å². The van der Waals surface area contributed by atoms with E-state index in [2.05, 4.69) is 21.6 Å². The van der Waals surface area contributed by atoms with E-state index in [4.69, 9.17) is 16.3 Å². The molecule has 0 saturated carbocycles. The fourth-order valence-corrected chi connectivity index (χ4v) is 4.83. The second-order valence-corrected chi connectivity index (χ2v) is 9.43. The van der Waals surface area contributed by atoms with Crippen LogP contribution in [0.5, 0.6) is 5.75 Å². The summed E-state index contributed by atoms with van der Waals surface area (Å²) in [4.78, 5) is 28.4. The van der Waals surface area contributed by atoms with Gasteiger partial charge in [-0.25, -0.2) is 0 Å². The van der Waals surface area contributed by atoms with Crippen LogP contribution >= 0.6 is 23.4 Å². The van der Waals surface area contributed by atoms with Crippen LogP contribution in [-0.2, 0) is 4.79 Å². The van der Waals surface area contributed by atoms with Gasteiger partial charge in [-0.05, 0) is 62.6 Å². The van der Waals surface area contributed by atoms with Crippen LogP contribution in [0.4, 0.5) is 0 Å². The second kappa shape index (κ2) is 12.9. The maximum Gasteiger partial charge on any atom is 0.253 e. The van der Waals surface area contributed by atoms with Gasteiger partial charge in [0.1, 0.15) is 11.8 Å². The number of rotatable bonds is 11.